The Morgan fingerprint density at radius 3 is 0.950 bits per heavy atom. The first-order chi connectivity index (χ1) is 9.82. The Morgan fingerprint density at radius 1 is 0.450 bits per heavy atom. The van der Waals surface area contributed by atoms with Gasteiger partial charge in [0.2, 0.25) is 0 Å². The van der Waals surface area contributed by atoms with E-state index in [1.165, 1.54) is 15.9 Å². The van der Waals surface area contributed by atoms with Gasteiger partial charge in [0, 0.05) is 0 Å². The van der Waals surface area contributed by atoms with Crippen LogP contribution >= 0.6 is 5.15 Å². The SMILES string of the molecule is [Ag][PH](c1ccccc1)(c1ccccc1)c1ccccc1. The standard InChI is InChI=1S/C18H15P.Ag/c1-4-10-16(11-5-1)19(17-12-6-2-7-13-17)18-14-8-3-9-15-18;/h1-15H;/q;-1/p+1. The summed E-state index contributed by atoms with van der Waals surface area (Å²) in [6.07, 6.45) is 0. The van der Waals surface area contributed by atoms with Crippen molar-refractivity contribution in [1.82, 2.24) is 0 Å². The molecule has 0 aliphatic rings. The fourth-order valence-electron chi connectivity index (χ4n) is 2.47. The molecule has 0 N–H and O–H groups in total. The number of hydrogen-bond acceptors (Lipinski definition) is 0. The Balaban J connectivity index is 2.24. The molecule has 0 bridgehead atoms. The average Bonchev–Trinajstić information content (AvgIpc) is 2.56. The first kappa shape index (κ1) is 13.8. The Kier molecular flexibility index (Phi) is 4.19. The second-order valence-corrected chi connectivity index (χ2v) is 11.0. The van der Waals surface area contributed by atoms with Gasteiger partial charge in [0.1, 0.15) is 0 Å². The summed E-state index contributed by atoms with van der Waals surface area (Å²) >= 11 is 4.17. The van der Waals surface area contributed by atoms with E-state index in [1.807, 2.05) is 0 Å². The van der Waals surface area contributed by atoms with Gasteiger partial charge in [-0.15, -0.1) is 0 Å². The van der Waals surface area contributed by atoms with Gasteiger partial charge in [-0.25, -0.2) is 0 Å². The molecular weight excluding hydrogens is 355 g/mol. The van der Waals surface area contributed by atoms with Gasteiger partial charge in [0.15, 0.2) is 0 Å². The van der Waals surface area contributed by atoms with E-state index in [2.05, 4.69) is 112 Å². The van der Waals surface area contributed by atoms with Crippen molar-refractivity contribution in [3.8, 4) is 0 Å². The number of rotatable bonds is 3. The molecule has 0 fully saturated rings. The number of hydrogen-bond donors (Lipinski definition) is 0. The van der Waals surface area contributed by atoms with Crippen molar-refractivity contribution in [3.63, 3.8) is 0 Å². The van der Waals surface area contributed by atoms with Crippen LogP contribution in [0, 0.1) is 0 Å². The third-order valence-corrected chi connectivity index (χ3v) is 10.6. The van der Waals surface area contributed by atoms with Gasteiger partial charge in [-0.1, -0.05) is 0 Å². The minimum absolute atomic E-state index is 1.37. The van der Waals surface area contributed by atoms with E-state index in [4.69, 9.17) is 0 Å². The Morgan fingerprint density at radius 2 is 0.700 bits per heavy atom. The van der Waals surface area contributed by atoms with Crippen LogP contribution in [0.1, 0.15) is 0 Å². The summed E-state index contributed by atoms with van der Waals surface area (Å²) < 4.78 is 0. The molecule has 3 aromatic rings. The van der Waals surface area contributed by atoms with Crippen LogP contribution in [0.15, 0.2) is 91.0 Å². The van der Waals surface area contributed by atoms with Crippen LogP contribution in [-0.2, 0) is 20.5 Å². The Labute approximate surface area is 132 Å². The summed E-state index contributed by atoms with van der Waals surface area (Å²) in [4.78, 5) is 0. The van der Waals surface area contributed by atoms with E-state index >= 15 is 0 Å². The van der Waals surface area contributed by atoms with E-state index in [-0.39, 0.29) is 0 Å². The van der Waals surface area contributed by atoms with Crippen molar-refractivity contribution >= 4 is 21.1 Å². The third-order valence-electron chi connectivity index (χ3n) is 3.45. The summed E-state index contributed by atoms with van der Waals surface area (Å²) in [6.45, 7) is 0. The summed E-state index contributed by atoms with van der Waals surface area (Å²) in [7, 11) is 0. The molecule has 0 amide bonds. The molecular formula is C18H16AgP. The van der Waals surface area contributed by atoms with Crippen LogP contribution in [0.4, 0.5) is 0 Å². The van der Waals surface area contributed by atoms with Crippen molar-refractivity contribution in [2.75, 3.05) is 0 Å². The molecule has 3 aromatic carbocycles. The van der Waals surface area contributed by atoms with Gasteiger partial charge in [-0.3, -0.25) is 0 Å². The van der Waals surface area contributed by atoms with Gasteiger partial charge in [-0.05, 0) is 0 Å². The normalized spacial score (nSPS) is 12.1. The molecule has 104 valence electrons. The molecule has 0 spiro atoms. The first-order valence-corrected chi connectivity index (χ1v) is 10.7. The van der Waals surface area contributed by atoms with Gasteiger partial charge in [0.05, 0.1) is 0 Å². The topological polar surface area (TPSA) is 0 Å². The van der Waals surface area contributed by atoms with Crippen molar-refractivity contribution < 1.29 is 20.5 Å². The van der Waals surface area contributed by atoms with E-state index in [0.717, 1.165) is 0 Å². The second kappa shape index (κ2) is 6.08. The van der Waals surface area contributed by atoms with Crippen LogP contribution < -0.4 is 15.9 Å². The Bertz CT molecular complexity index is 569. The van der Waals surface area contributed by atoms with Gasteiger partial charge >= 0.3 is 133 Å². The molecule has 0 atom stereocenters. The van der Waals surface area contributed by atoms with Crippen LogP contribution in [0.25, 0.3) is 0 Å². The maximum absolute atomic E-state index is 4.17. The molecule has 20 heavy (non-hydrogen) atoms. The molecule has 0 nitrogen and oxygen atoms in total. The molecule has 2 heteroatoms. The molecule has 0 radical (unpaired) electrons. The molecule has 0 aliphatic heterocycles. The molecule has 0 aliphatic carbocycles. The maximum atomic E-state index is 4.17. The zero-order chi connectivity index (χ0) is 13.8. The minimum atomic E-state index is -2.07. The Hall–Kier alpha value is -1.17. The number of benzene rings is 3. The quantitative estimate of drug-likeness (QED) is 0.490. The van der Waals surface area contributed by atoms with E-state index < -0.39 is 5.15 Å². The summed E-state index contributed by atoms with van der Waals surface area (Å²) in [5.74, 6) is 0. The summed E-state index contributed by atoms with van der Waals surface area (Å²) in [5.41, 5.74) is 0. The van der Waals surface area contributed by atoms with Crippen molar-refractivity contribution in [2.45, 2.75) is 0 Å². The van der Waals surface area contributed by atoms with Crippen molar-refractivity contribution in [2.24, 2.45) is 0 Å². The molecule has 0 heterocycles. The summed E-state index contributed by atoms with van der Waals surface area (Å²) in [6, 6.07) is 32.2. The fourth-order valence-corrected chi connectivity index (χ4v) is 7.57. The van der Waals surface area contributed by atoms with Gasteiger partial charge in [-0.2, -0.15) is 0 Å². The van der Waals surface area contributed by atoms with Crippen LogP contribution in [-0.4, -0.2) is 0 Å². The van der Waals surface area contributed by atoms with Gasteiger partial charge < -0.3 is 0 Å². The molecule has 3 rings (SSSR count). The van der Waals surface area contributed by atoms with Crippen molar-refractivity contribution in [1.29, 1.82) is 0 Å². The van der Waals surface area contributed by atoms with Gasteiger partial charge in [0.25, 0.3) is 0 Å². The summed E-state index contributed by atoms with van der Waals surface area (Å²) in [5, 5.41) is 2.05. The van der Waals surface area contributed by atoms with E-state index in [0.29, 0.717) is 0 Å². The van der Waals surface area contributed by atoms with E-state index in [9.17, 15) is 0 Å². The third kappa shape index (κ3) is 2.53. The molecule has 0 saturated heterocycles. The molecule has 0 unspecified atom stereocenters. The average molecular weight is 371 g/mol. The molecule has 0 aromatic heterocycles. The van der Waals surface area contributed by atoms with E-state index in [1.54, 1.807) is 0 Å². The fraction of sp³-hybridized carbons (Fsp3) is 0. The first-order valence-electron chi connectivity index (χ1n) is 6.63. The van der Waals surface area contributed by atoms with Crippen molar-refractivity contribution in [3.05, 3.63) is 91.0 Å². The van der Waals surface area contributed by atoms with Crippen LogP contribution in [0.2, 0.25) is 0 Å². The molecule has 0 saturated carbocycles. The predicted molar refractivity (Wildman–Crippen MR) is 86.5 cm³/mol. The second-order valence-electron chi connectivity index (χ2n) is 4.70. The van der Waals surface area contributed by atoms with Crippen LogP contribution in [0.3, 0.4) is 0 Å². The van der Waals surface area contributed by atoms with Crippen LogP contribution in [0.5, 0.6) is 0 Å². The predicted octanol–water partition coefficient (Wildman–Crippen LogP) is 3.17. The zero-order valence-electron chi connectivity index (χ0n) is 11.0. The monoisotopic (exact) mass is 370 g/mol. The zero-order valence-corrected chi connectivity index (χ0v) is 13.4.